The van der Waals surface area contributed by atoms with Crippen LogP contribution in [0.4, 0.5) is 0 Å². The van der Waals surface area contributed by atoms with E-state index in [1.807, 2.05) is 48.5 Å². The molecule has 0 spiro atoms. The zero-order valence-corrected chi connectivity index (χ0v) is 14.4. The summed E-state index contributed by atoms with van der Waals surface area (Å²) in [6.45, 7) is 0. The van der Waals surface area contributed by atoms with E-state index in [9.17, 15) is 0 Å². The highest BCUT2D eigenvalue weighted by Crippen LogP contribution is 2.30. The van der Waals surface area contributed by atoms with Gasteiger partial charge in [-0.05, 0) is 24.3 Å². The van der Waals surface area contributed by atoms with E-state index in [-0.39, 0.29) is 0 Å². The summed E-state index contributed by atoms with van der Waals surface area (Å²) < 4.78 is 1.04. The van der Waals surface area contributed by atoms with Crippen molar-refractivity contribution >= 4 is 45.7 Å². The number of hydrogen-bond donors (Lipinski definition) is 1. The Balaban J connectivity index is 1.48. The Hall–Kier alpha value is -1.82. The molecule has 1 N–H and O–H groups in total. The van der Waals surface area contributed by atoms with Crippen molar-refractivity contribution in [2.24, 2.45) is 0 Å². The Kier molecular flexibility index (Phi) is 4.08. The Morgan fingerprint density at radius 1 is 1.04 bits per heavy atom. The molecule has 0 radical (unpaired) electrons. The van der Waals surface area contributed by atoms with E-state index < -0.39 is 0 Å². The molecule has 2 heterocycles. The molecule has 0 saturated carbocycles. The minimum Gasteiger partial charge on any atom is -0.341 e. The molecule has 23 heavy (non-hydrogen) atoms. The van der Waals surface area contributed by atoms with Gasteiger partial charge in [0.1, 0.15) is 5.82 Å². The number of thiazole rings is 1. The molecule has 6 heteroatoms. The molecule has 114 valence electrons. The molecule has 0 fully saturated rings. The summed E-state index contributed by atoms with van der Waals surface area (Å²) in [7, 11) is 0. The monoisotopic (exact) mass is 357 g/mol. The number of para-hydroxylation sites is 2. The normalized spacial score (nSPS) is 11.2. The van der Waals surface area contributed by atoms with Crippen LogP contribution in [0, 0.1) is 0 Å². The number of hydrogen-bond acceptors (Lipinski definition) is 4. The second kappa shape index (κ2) is 6.35. The lowest BCUT2D eigenvalue weighted by atomic mass is 10.2. The van der Waals surface area contributed by atoms with Gasteiger partial charge in [-0.25, -0.2) is 9.97 Å². The maximum atomic E-state index is 5.92. The molecule has 4 aromatic rings. The third-order valence-electron chi connectivity index (χ3n) is 3.39. The standard InChI is InChI=1S/C17H12ClN3S2/c18-12-7-5-11(6-8-12)15-9-22-17(21-15)23-10-16-19-13-3-1-2-4-14(13)20-16/h1-9H,10H2,(H,19,20). The van der Waals surface area contributed by atoms with Gasteiger partial charge < -0.3 is 4.98 Å². The third kappa shape index (κ3) is 3.27. The molecular formula is C17H12ClN3S2. The largest absolute Gasteiger partial charge is 0.341 e. The summed E-state index contributed by atoms with van der Waals surface area (Å²) in [6, 6.07) is 15.8. The van der Waals surface area contributed by atoms with Crippen LogP contribution in [0.2, 0.25) is 5.02 Å². The van der Waals surface area contributed by atoms with Crippen LogP contribution >= 0.6 is 34.7 Å². The first kappa shape index (κ1) is 14.8. The minimum atomic E-state index is 0.739. The second-order valence-corrected chi connectivity index (χ2v) is 7.51. The van der Waals surface area contributed by atoms with E-state index in [1.54, 1.807) is 23.1 Å². The number of halogens is 1. The van der Waals surface area contributed by atoms with Gasteiger partial charge in [0.2, 0.25) is 0 Å². The van der Waals surface area contributed by atoms with Crippen LogP contribution in [0.1, 0.15) is 5.82 Å². The number of aromatic nitrogens is 3. The molecular weight excluding hydrogens is 346 g/mol. The first-order chi connectivity index (χ1) is 11.3. The number of fused-ring (bicyclic) bond motifs is 1. The molecule has 0 aliphatic heterocycles. The van der Waals surface area contributed by atoms with Crippen molar-refractivity contribution in [3.05, 3.63) is 64.8 Å². The first-order valence-corrected chi connectivity index (χ1v) is 9.30. The van der Waals surface area contributed by atoms with Crippen LogP contribution in [0.25, 0.3) is 22.3 Å². The van der Waals surface area contributed by atoms with Crippen LogP contribution in [0.15, 0.2) is 58.3 Å². The lowest BCUT2D eigenvalue weighted by Gasteiger charge is -1.96. The summed E-state index contributed by atoms with van der Waals surface area (Å²) in [4.78, 5) is 12.6. The van der Waals surface area contributed by atoms with E-state index in [1.165, 1.54) is 0 Å². The molecule has 0 atom stereocenters. The maximum absolute atomic E-state index is 5.92. The number of nitrogens with one attached hydrogen (secondary N) is 1. The molecule has 2 aromatic heterocycles. The topological polar surface area (TPSA) is 41.6 Å². The summed E-state index contributed by atoms with van der Waals surface area (Å²) >= 11 is 9.27. The summed E-state index contributed by atoms with van der Waals surface area (Å²) in [6.07, 6.45) is 0. The van der Waals surface area contributed by atoms with Crippen molar-refractivity contribution < 1.29 is 0 Å². The average Bonchev–Trinajstić information content (AvgIpc) is 3.20. The molecule has 3 nitrogen and oxygen atoms in total. The second-order valence-electron chi connectivity index (χ2n) is 4.99. The number of aromatic amines is 1. The van der Waals surface area contributed by atoms with Crippen LogP contribution in [0.3, 0.4) is 0 Å². The highest BCUT2D eigenvalue weighted by molar-refractivity contribution is 8.00. The number of imidazole rings is 1. The van der Waals surface area contributed by atoms with Crippen molar-refractivity contribution in [3.8, 4) is 11.3 Å². The van der Waals surface area contributed by atoms with Crippen molar-refractivity contribution in [1.82, 2.24) is 15.0 Å². The van der Waals surface area contributed by atoms with Gasteiger partial charge in [-0.1, -0.05) is 47.6 Å². The lowest BCUT2D eigenvalue weighted by Crippen LogP contribution is -1.83. The summed E-state index contributed by atoms with van der Waals surface area (Å²) in [5.41, 5.74) is 4.15. The highest BCUT2D eigenvalue weighted by atomic mass is 35.5. The number of benzene rings is 2. The molecule has 0 saturated heterocycles. The zero-order chi connectivity index (χ0) is 15.6. The smallest absolute Gasteiger partial charge is 0.150 e. The fourth-order valence-electron chi connectivity index (χ4n) is 2.28. The van der Waals surface area contributed by atoms with E-state index >= 15 is 0 Å². The van der Waals surface area contributed by atoms with E-state index in [0.717, 1.165) is 43.2 Å². The van der Waals surface area contributed by atoms with Crippen LogP contribution < -0.4 is 0 Å². The Morgan fingerprint density at radius 2 is 1.87 bits per heavy atom. The predicted octanol–water partition coefficient (Wildman–Crippen LogP) is 5.63. The Labute approximate surface area is 146 Å². The number of H-pyrrole nitrogens is 1. The minimum absolute atomic E-state index is 0.739. The van der Waals surface area contributed by atoms with Gasteiger partial charge >= 0.3 is 0 Å². The van der Waals surface area contributed by atoms with Gasteiger partial charge in [-0.2, -0.15) is 0 Å². The molecule has 0 unspecified atom stereocenters. The molecule has 0 aliphatic rings. The number of rotatable bonds is 4. The van der Waals surface area contributed by atoms with Gasteiger partial charge in [0.05, 0.1) is 22.5 Å². The fourth-order valence-corrected chi connectivity index (χ4v) is 4.11. The first-order valence-electron chi connectivity index (χ1n) is 7.06. The molecule has 0 aliphatic carbocycles. The summed E-state index contributed by atoms with van der Waals surface area (Å²) in [5.74, 6) is 1.75. The predicted molar refractivity (Wildman–Crippen MR) is 98.2 cm³/mol. The molecule has 0 bridgehead atoms. The average molecular weight is 358 g/mol. The van der Waals surface area contributed by atoms with Crippen molar-refractivity contribution in [1.29, 1.82) is 0 Å². The summed E-state index contributed by atoms with van der Waals surface area (Å²) in [5, 5.41) is 2.81. The van der Waals surface area contributed by atoms with Crippen LogP contribution in [-0.4, -0.2) is 15.0 Å². The van der Waals surface area contributed by atoms with Crippen molar-refractivity contribution in [2.45, 2.75) is 10.1 Å². The van der Waals surface area contributed by atoms with Crippen LogP contribution in [-0.2, 0) is 5.75 Å². The van der Waals surface area contributed by atoms with Gasteiger partial charge in [-0.15, -0.1) is 11.3 Å². The Bertz CT molecular complexity index is 911. The van der Waals surface area contributed by atoms with E-state index in [0.29, 0.717) is 0 Å². The molecule has 4 rings (SSSR count). The van der Waals surface area contributed by atoms with E-state index in [4.69, 9.17) is 11.6 Å². The van der Waals surface area contributed by atoms with Gasteiger partial charge in [0.15, 0.2) is 4.34 Å². The zero-order valence-electron chi connectivity index (χ0n) is 12.0. The third-order valence-corrected chi connectivity index (χ3v) is 5.68. The van der Waals surface area contributed by atoms with Crippen molar-refractivity contribution in [3.63, 3.8) is 0 Å². The van der Waals surface area contributed by atoms with Gasteiger partial charge in [0.25, 0.3) is 0 Å². The van der Waals surface area contributed by atoms with Crippen molar-refractivity contribution in [2.75, 3.05) is 0 Å². The quantitative estimate of drug-likeness (QED) is 0.481. The SMILES string of the molecule is Clc1ccc(-c2csc(SCc3nc4ccccc4[nH]3)n2)cc1. The fraction of sp³-hybridized carbons (Fsp3) is 0.0588. The Morgan fingerprint density at radius 3 is 2.70 bits per heavy atom. The van der Waals surface area contributed by atoms with Crippen LogP contribution in [0.5, 0.6) is 0 Å². The van der Waals surface area contributed by atoms with E-state index in [2.05, 4.69) is 20.3 Å². The maximum Gasteiger partial charge on any atom is 0.150 e. The number of thioether (sulfide) groups is 1. The van der Waals surface area contributed by atoms with Gasteiger partial charge in [0, 0.05) is 16.0 Å². The molecule has 0 amide bonds. The molecule has 2 aromatic carbocycles. The highest BCUT2D eigenvalue weighted by Gasteiger charge is 2.07. The number of nitrogens with zero attached hydrogens (tertiary/aromatic N) is 2. The van der Waals surface area contributed by atoms with Gasteiger partial charge in [-0.3, -0.25) is 0 Å². The lowest BCUT2D eigenvalue weighted by molar-refractivity contribution is 1.13.